The summed E-state index contributed by atoms with van der Waals surface area (Å²) in [5.74, 6) is -0.643. The first-order valence-corrected chi connectivity index (χ1v) is 9.23. The number of aromatic amines is 1. The molecule has 6 nitrogen and oxygen atoms in total. The highest BCUT2D eigenvalue weighted by Crippen LogP contribution is 2.31. The molecular weight excluding hydrogens is 376 g/mol. The van der Waals surface area contributed by atoms with Crippen LogP contribution in [0.2, 0.25) is 5.02 Å². The van der Waals surface area contributed by atoms with Gasteiger partial charge in [-0.3, -0.25) is 9.78 Å². The van der Waals surface area contributed by atoms with E-state index in [1.54, 1.807) is 36.6 Å². The van der Waals surface area contributed by atoms with Gasteiger partial charge in [-0.2, -0.15) is 0 Å². The molecule has 26 heavy (non-hydrogen) atoms. The van der Waals surface area contributed by atoms with Crippen molar-refractivity contribution in [2.45, 2.75) is 26.3 Å². The van der Waals surface area contributed by atoms with E-state index in [1.807, 2.05) is 0 Å². The van der Waals surface area contributed by atoms with E-state index in [0.717, 1.165) is 10.1 Å². The molecule has 0 atom stereocenters. The van der Waals surface area contributed by atoms with E-state index in [2.05, 4.69) is 4.98 Å². The summed E-state index contributed by atoms with van der Waals surface area (Å²) < 4.78 is 5.95. The molecule has 0 saturated heterocycles. The summed E-state index contributed by atoms with van der Waals surface area (Å²) in [6.07, 6.45) is 0. The van der Waals surface area contributed by atoms with Gasteiger partial charge in [0.25, 0.3) is 5.56 Å². The van der Waals surface area contributed by atoms with Crippen molar-refractivity contribution in [3.05, 3.63) is 55.5 Å². The van der Waals surface area contributed by atoms with Gasteiger partial charge in [-0.05, 0) is 38.5 Å². The van der Waals surface area contributed by atoms with Crippen molar-refractivity contribution in [1.29, 1.82) is 0 Å². The summed E-state index contributed by atoms with van der Waals surface area (Å²) in [5.41, 5.74) is -1.15. The van der Waals surface area contributed by atoms with Crippen LogP contribution in [0.3, 0.4) is 0 Å². The van der Waals surface area contributed by atoms with Crippen LogP contribution in [-0.4, -0.2) is 22.1 Å². The third kappa shape index (κ3) is 2.97. The van der Waals surface area contributed by atoms with E-state index in [-0.39, 0.29) is 6.61 Å². The molecule has 0 aliphatic heterocycles. The molecule has 0 amide bonds. The van der Waals surface area contributed by atoms with Crippen LogP contribution in [0.1, 0.15) is 20.8 Å². The molecule has 0 unspecified atom stereocenters. The Morgan fingerprint density at radius 1 is 1.27 bits per heavy atom. The molecule has 3 aromatic rings. The van der Waals surface area contributed by atoms with Crippen LogP contribution in [0.25, 0.3) is 21.3 Å². The fraction of sp³-hybridized carbons (Fsp3) is 0.278. The lowest BCUT2D eigenvalue weighted by atomic mass is 10.0. The number of esters is 1. The van der Waals surface area contributed by atoms with Crippen LogP contribution in [0.4, 0.5) is 0 Å². The number of nitrogens with zero attached hydrogens (tertiary/aromatic N) is 1. The Labute approximate surface area is 158 Å². The van der Waals surface area contributed by atoms with Gasteiger partial charge in [0.1, 0.15) is 10.4 Å². The SMILES string of the molecule is CCOC(=O)C(C)(C)n1c(=O)[nH]c2scc(-c3ccc(Cl)cc3)c2c1=O. The van der Waals surface area contributed by atoms with Crippen molar-refractivity contribution in [3.63, 3.8) is 0 Å². The Kier molecular flexibility index (Phi) is 4.77. The van der Waals surface area contributed by atoms with E-state index < -0.39 is 22.8 Å². The summed E-state index contributed by atoms with van der Waals surface area (Å²) in [7, 11) is 0. The van der Waals surface area contributed by atoms with Gasteiger partial charge in [0.15, 0.2) is 0 Å². The van der Waals surface area contributed by atoms with Crippen LogP contribution >= 0.6 is 22.9 Å². The third-order valence-corrected chi connectivity index (χ3v) is 5.27. The number of carbonyl (C=O) groups excluding carboxylic acids is 1. The number of hydrogen-bond acceptors (Lipinski definition) is 5. The molecule has 2 heterocycles. The highest BCUT2D eigenvalue weighted by atomic mass is 35.5. The molecule has 0 radical (unpaired) electrons. The van der Waals surface area contributed by atoms with Gasteiger partial charge >= 0.3 is 11.7 Å². The first-order chi connectivity index (χ1) is 12.3. The van der Waals surface area contributed by atoms with Gasteiger partial charge in [0, 0.05) is 16.0 Å². The van der Waals surface area contributed by atoms with Gasteiger partial charge in [0.05, 0.1) is 12.0 Å². The molecule has 0 bridgehead atoms. The zero-order chi connectivity index (χ0) is 19.1. The number of aromatic nitrogens is 2. The van der Waals surface area contributed by atoms with Crippen molar-refractivity contribution in [1.82, 2.24) is 9.55 Å². The maximum atomic E-state index is 13.1. The summed E-state index contributed by atoms with van der Waals surface area (Å²) >= 11 is 7.19. The van der Waals surface area contributed by atoms with Gasteiger partial charge in [-0.1, -0.05) is 23.7 Å². The lowest BCUT2D eigenvalue weighted by Crippen LogP contribution is -2.51. The number of hydrogen-bond donors (Lipinski definition) is 1. The summed E-state index contributed by atoms with van der Waals surface area (Å²) in [4.78, 5) is 41.1. The molecule has 2 aromatic heterocycles. The van der Waals surface area contributed by atoms with E-state index in [1.165, 1.54) is 25.2 Å². The average Bonchev–Trinajstić information content (AvgIpc) is 2.99. The van der Waals surface area contributed by atoms with Crippen LogP contribution in [0.5, 0.6) is 0 Å². The van der Waals surface area contributed by atoms with E-state index >= 15 is 0 Å². The second kappa shape index (κ2) is 6.74. The minimum Gasteiger partial charge on any atom is -0.464 e. The Morgan fingerprint density at radius 2 is 1.92 bits per heavy atom. The largest absolute Gasteiger partial charge is 0.464 e. The van der Waals surface area contributed by atoms with Gasteiger partial charge < -0.3 is 4.74 Å². The van der Waals surface area contributed by atoms with E-state index in [4.69, 9.17) is 16.3 Å². The van der Waals surface area contributed by atoms with Crippen LogP contribution < -0.4 is 11.2 Å². The highest BCUT2D eigenvalue weighted by molar-refractivity contribution is 7.17. The Balaban J connectivity index is 2.29. The zero-order valence-corrected chi connectivity index (χ0v) is 16.0. The lowest BCUT2D eigenvalue weighted by molar-refractivity contribution is -0.152. The Hall–Kier alpha value is -2.38. The molecule has 3 rings (SSSR count). The molecule has 0 aliphatic rings. The molecule has 0 aliphatic carbocycles. The van der Waals surface area contributed by atoms with Crippen molar-refractivity contribution in [2.75, 3.05) is 6.61 Å². The van der Waals surface area contributed by atoms with E-state index in [9.17, 15) is 14.4 Å². The Morgan fingerprint density at radius 3 is 2.54 bits per heavy atom. The monoisotopic (exact) mass is 392 g/mol. The zero-order valence-electron chi connectivity index (χ0n) is 14.5. The normalized spacial score (nSPS) is 11.7. The minimum atomic E-state index is -1.44. The molecule has 8 heteroatoms. The number of rotatable bonds is 4. The summed E-state index contributed by atoms with van der Waals surface area (Å²) in [5, 5.41) is 2.74. The first-order valence-electron chi connectivity index (χ1n) is 7.97. The highest BCUT2D eigenvalue weighted by Gasteiger charge is 2.35. The lowest BCUT2D eigenvalue weighted by Gasteiger charge is -2.24. The van der Waals surface area contributed by atoms with Crippen LogP contribution in [-0.2, 0) is 15.1 Å². The van der Waals surface area contributed by atoms with Crippen molar-refractivity contribution < 1.29 is 9.53 Å². The minimum absolute atomic E-state index is 0.158. The smallest absolute Gasteiger partial charge is 0.332 e. The molecule has 1 N–H and O–H groups in total. The standard InChI is InChI=1S/C18H17ClN2O4S/c1-4-25-16(23)18(2,3)21-15(22)13-12(9-26-14(13)20-17(21)24)10-5-7-11(19)8-6-10/h5-9H,4H2,1-3H3,(H,20,24). The maximum absolute atomic E-state index is 13.1. The van der Waals surface area contributed by atoms with Gasteiger partial charge in [-0.25, -0.2) is 14.2 Å². The number of benzene rings is 1. The second-order valence-corrected chi connectivity index (χ2v) is 7.53. The number of carbonyl (C=O) groups is 1. The van der Waals surface area contributed by atoms with Crippen molar-refractivity contribution in [3.8, 4) is 11.1 Å². The molecular formula is C18H17ClN2O4S. The number of nitrogens with one attached hydrogen (secondary N) is 1. The molecule has 0 saturated carbocycles. The molecule has 136 valence electrons. The van der Waals surface area contributed by atoms with Crippen molar-refractivity contribution >= 4 is 39.1 Å². The van der Waals surface area contributed by atoms with Gasteiger partial charge in [0.2, 0.25) is 0 Å². The second-order valence-electron chi connectivity index (χ2n) is 6.21. The Bertz CT molecular complexity index is 1090. The van der Waals surface area contributed by atoms with Crippen LogP contribution in [0.15, 0.2) is 39.2 Å². The van der Waals surface area contributed by atoms with E-state index in [0.29, 0.717) is 20.8 Å². The maximum Gasteiger partial charge on any atom is 0.332 e. The number of H-pyrrole nitrogens is 1. The van der Waals surface area contributed by atoms with Crippen LogP contribution in [0, 0.1) is 0 Å². The molecule has 0 fully saturated rings. The predicted octanol–water partition coefficient (Wildman–Crippen LogP) is 3.37. The summed E-state index contributed by atoms with van der Waals surface area (Å²) in [6, 6.07) is 7.06. The first kappa shape index (κ1) is 18.4. The molecule has 0 spiro atoms. The number of halogens is 1. The fourth-order valence-corrected chi connectivity index (χ4v) is 3.84. The molecule has 1 aromatic carbocycles. The summed E-state index contributed by atoms with van der Waals surface area (Å²) in [6.45, 7) is 4.80. The topological polar surface area (TPSA) is 81.2 Å². The number of thiophene rings is 1. The quantitative estimate of drug-likeness (QED) is 0.690. The van der Waals surface area contributed by atoms with Gasteiger partial charge in [-0.15, -0.1) is 11.3 Å². The fourth-order valence-electron chi connectivity index (χ4n) is 2.77. The predicted molar refractivity (Wildman–Crippen MR) is 103 cm³/mol. The third-order valence-electron chi connectivity index (χ3n) is 4.12. The average molecular weight is 393 g/mol. The number of ether oxygens (including phenoxy) is 1. The number of fused-ring (bicyclic) bond motifs is 1. The van der Waals surface area contributed by atoms with Crippen molar-refractivity contribution in [2.24, 2.45) is 0 Å².